The molecule has 1 aliphatic rings. The molecule has 0 saturated heterocycles. The molecule has 4 nitrogen and oxygen atoms in total. The number of nitrogens with one attached hydrogen (secondary N) is 1. The smallest absolute Gasteiger partial charge is 0.161 e. The van der Waals surface area contributed by atoms with E-state index in [1.54, 1.807) is 6.26 Å². The van der Waals surface area contributed by atoms with Gasteiger partial charge in [-0.2, -0.15) is 0 Å². The van der Waals surface area contributed by atoms with E-state index in [4.69, 9.17) is 13.9 Å². The topological polar surface area (TPSA) is 43.6 Å². The van der Waals surface area contributed by atoms with Crippen LogP contribution in [-0.2, 0) is 0 Å². The molecule has 0 radical (unpaired) electrons. The van der Waals surface area contributed by atoms with Crippen LogP contribution in [-0.4, -0.2) is 19.8 Å². The normalized spacial score (nSPS) is 19.0. The van der Waals surface area contributed by atoms with Crippen LogP contribution in [0.4, 0.5) is 0 Å². The minimum atomic E-state index is 0.0274. The van der Waals surface area contributed by atoms with Gasteiger partial charge in [-0.15, -0.1) is 0 Å². The highest BCUT2D eigenvalue weighted by atomic mass is 16.5. The zero-order chi connectivity index (χ0) is 14.7. The van der Waals surface area contributed by atoms with E-state index in [-0.39, 0.29) is 6.04 Å². The van der Waals surface area contributed by atoms with E-state index in [1.165, 1.54) is 0 Å². The van der Waals surface area contributed by atoms with Gasteiger partial charge in [0.2, 0.25) is 0 Å². The molecule has 1 aliphatic heterocycles. The average Bonchev–Trinajstić information content (AvgIpc) is 2.96. The third-order valence-corrected chi connectivity index (χ3v) is 3.58. The van der Waals surface area contributed by atoms with Crippen molar-refractivity contribution in [3.8, 4) is 11.5 Å². The van der Waals surface area contributed by atoms with Crippen molar-refractivity contribution in [1.29, 1.82) is 0 Å². The summed E-state index contributed by atoms with van der Waals surface area (Å²) in [6.07, 6.45) is 1.70. The number of fused-ring (bicyclic) bond motifs is 1. The number of rotatable bonds is 4. The van der Waals surface area contributed by atoms with Crippen LogP contribution in [0.15, 0.2) is 41.0 Å². The summed E-state index contributed by atoms with van der Waals surface area (Å²) in [4.78, 5) is 0. The van der Waals surface area contributed by atoms with Crippen LogP contribution < -0.4 is 14.8 Å². The molecule has 21 heavy (non-hydrogen) atoms. The molecule has 112 valence electrons. The van der Waals surface area contributed by atoms with Crippen LogP contribution in [0.2, 0.25) is 0 Å². The van der Waals surface area contributed by atoms with Crippen molar-refractivity contribution < 1.29 is 13.9 Å². The van der Waals surface area contributed by atoms with Gasteiger partial charge in [-0.3, -0.25) is 0 Å². The molecule has 1 aromatic heterocycles. The van der Waals surface area contributed by atoms with Crippen LogP contribution in [0.5, 0.6) is 11.5 Å². The first-order valence-corrected chi connectivity index (χ1v) is 7.44. The van der Waals surface area contributed by atoms with Gasteiger partial charge in [-0.25, -0.2) is 0 Å². The van der Waals surface area contributed by atoms with Crippen molar-refractivity contribution in [2.45, 2.75) is 19.9 Å². The lowest BCUT2D eigenvalue weighted by Gasteiger charge is -2.17. The number of hydrogen-bond acceptors (Lipinski definition) is 4. The number of benzene rings is 1. The fraction of sp³-hybridized carbons (Fsp3) is 0.412. The van der Waals surface area contributed by atoms with E-state index in [9.17, 15) is 0 Å². The van der Waals surface area contributed by atoms with E-state index in [0.717, 1.165) is 29.4 Å². The lowest BCUT2D eigenvalue weighted by Crippen LogP contribution is -2.21. The molecule has 2 aromatic rings. The van der Waals surface area contributed by atoms with E-state index < -0.39 is 0 Å². The van der Waals surface area contributed by atoms with E-state index >= 15 is 0 Å². The van der Waals surface area contributed by atoms with Gasteiger partial charge in [-0.1, -0.05) is 19.9 Å². The van der Waals surface area contributed by atoms with Gasteiger partial charge in [0.25, 0.3) is 0 Å². The molecule has 0 aliphatic carbocycles. The summed E-state index contributed by atoms with van der Waals surface area (Å²) in [5, 5.41) is 3.44. The van der Waals surface area contributed by atoms with E-state index in [1.807, 2.05) is 24.3 Å². The van der Waals surface area contributed by atoms with Crippen LogP contribution >= 0.6 is 0 Å². The Balaban J connectivity index is 1.91. The van der Waals surface area contributed by atoms with Crippen molar-refractivity contribution in [1.82, 2.24) is 5.32 Å². The summed E-state index contributed by atoms with van der Waals surface area (Å²) in [5.41, 5.74) is 1.11. The minimum absolute atomic E-state index is 0.0274. The second-order valence-corrected chi connectivity index (χ2v) is 5.44. The summed E-state index contributed by atoms with van der Waals surface area (Å²) in [7, 11) is 0. The molecule has 2 atom stereocenters. The van der Waals surface area contributed by atoms with Crippen molar-refractivity contribution >= 4 is 0 Å². The number of furan rings is 1. The average molecular weight is 287 g/mol. The Hall–Kier alpha value is -1.94. The van der Waals surface area contributed by atoms with E-state index in [0.29, 0.717) is 19.1 Å². The first-order valence-electron chi connectivity index (χ1n) is 7.44. The molecule has 3 rings (SSSR count). The molecule has 2 heterocycles. The number of hydrogen-bond donors (Lipinski definition) is 1. The van der Waals surface area contributed by atoms with Gasteiger partial charge in [0.15, 0.2) is 11.5 Å². The second-order valence-electron chi connectivity index (χ2n) is 5.44. The van der Waals surface area contributed by atoms with Crippen LogP contribution in [0.25, 0.3) is 0 Å². The van der Waals surface area contributed by atoms with Crippen molar-refractivity contribution in [2.24, 2.45) is 5.92 Å². The highest BCUT2D eigenvalue weighted by molar-refractivity contribution is 5.45. The number of ether oxygens (including phenoxy) is 2. The van der Waals surface area contributed by atoms with Gasteiger partial charge < -0.3 is 19.2 Å². The SMILES string of the molecule is CCNC(c1ccc2c(c1)OCC(C)CO2)c1ccco1. The molecule has 1 aromatic carbocycles. The predicted molar refractivity (Wildman–Crippen MR) is 80.8 cm³/mol. The maximum atomic E-state index is 5.86. The Morgan fingerprint density at radius 3 is 2.71 bits per heavy atom. The third kappa shape index (κ3) is 3.05. The third-order valence-electron chi connectivity index (χ3n) is 3.58. The first-order chi connectivity index (χ1) is 10.3. The predicted octanol–water partition coefficient (Wildman–Crippen LogP) is 3.39. The first kappa shape index (κ1) is 14.0. The fourth-order valence-corrected chi connectivity index (χ4v) is 2.49. The molecule has 0 spiro atoms. The van der Waals surface area contributed by atoms with Crippen LogP contribution in [0.3, 0.4) is 0 Å². The zero-order valence-corrected chi connectivity index (χ0v) is 12.5. The van der Waals surface area contributed by atoms with E-state index in [2.05, 4.69) is 25.2 Å². The van der Waals surface area contributed by atoms with Gasteiger partial charge in [0.05, 0.1) is 25.5 Å². The summed E-state index contributed by atoms with van der Waals surface area (Å²) in [6.45, 7) is 6.44. The molecule has 0 fully saturated rings. The maximum absolute atomic E-state index is 5.86. The molecule has 0 bridgehead atoms. The lowest BCUT2D eigenvalue weighted by molar-refractivity contribution is 0.228. The molecule has 0 amide bonds. The van der Waals surface area contributed by atoms with Gasteiger partial charge in [0, 0.05) is 5.92 Å². The molecule has 0 saturated carbocycles. The molecular formula is C17H21NO3. The highest BCUT2D eigenvalue weighted by Gasteiger charge is 2.20. The Bertz CT molecular complexity index is 580. The van der Waals surface area contributed by atoms with Crippen LogP contribution in [0.1, 0.15) is 31.2 Å². The molecule has 1 N–H and O–H groups in total. The Labute approximate surface area is 125 Å². The lowest BCUT2D eigenvalue weighted by atomic mass is 10.0. The Morgan fingerprint density at radius 1 is 1.19 bits per heavy atom. The second kappa shape index (κ2) is 6.22. The highest BCUT2D eigenvalue weighted by Crippen LogP contribution is 2.34. The fourth-order valence-electron chi connectivity index (χ4n) is 2.49. The monoisotopic (exact) mass is 287 g/mol. The van der Waals surface area contributed by atoms with Crippen molar-refractivity contribution in [3.63, 3.8) is 0 Å². The summed E-state index contributed by atoms with van der Waals surface area (Å²) >= 11 is 0. The Kier molecular flexibility index (Phi) is 4.15. The van der Waals surface area contributed by atoms with Crippen LogP contribution in [0, 0.1) is 5.92 Å². The van der Waals surface area contributed by atoms with Gasteiger partial charge >= 0.3 is 0 Å². The summed E-state index contributed by atoms with van der Waals surface area (Å²) < 4.78 is 17.2. The van der Waals surface area contributed by atoms with Gasteiger partial charge in [-0.05, 0) is 36.4 Å². The molecule has 4 heteroatoms. The quantitative estimate of drug-likeness (QED) is 0.936. The summed E-state index contributed by atoms with van der Waals surface area (Å²) in [5.74, 6) is 2.93. The summed E-state index contributed by atoms with van der Waals surface area (Å²) in [6, 6.07) is 10.0. The minimum Gasteiger partial charge on any atom is -0.489 e. The van der Waals surface area contributed by atoms with Crippen molar-refractivity contribution in [3.05, 3.63) is 47.9 Å². The zero-order valence-electron chi connectivity index (χ0n) is 12.5. The van der Waals surface area contributed by atoms with Gasteiger partial charge in [0.1, 0.15) is 5.76 Å². The Morgan fingerprint density at radius 2 is 2.00 bits per heavy atom. The largest absolute Gasteiger partial charge is 0.489 e. The maximum Gasteiger partial charge on any atom is 0.161 e. The standard InChI is InChI=1S/C17H21NO3/c1-3-18-17(15-5-4-8-19-15)13-6-7-14-16(9-13)21-11-12(2)10-20-14/h4-9,12,17-18H,3,10-11H2,1-2H3. The van der Waals surface area contributed by atoms with Crippen molar-refractivity contribution in [2.75, 3.05) is 19.8 Å². The molecule has 2 unspecified atom stereocenters. The molecular weight excluding hydrogens is 266 g/mol.